The molecule has 0 N–H and O–H groups in total. The van der Waals surface area contributed by atoms with Crippen LogP contribution in [0.4, 0.5) is 0 Å². The van der Waals surface area contributed by atoms with Gasteiger partial charge >= 0.3 is 17.9 Å². The zero-order valence-electron chi connectivity index (χ0n) is 49.5. The van der Waals surface area contributed by atoms with E-state index in [0.717, 1.165) is 154 Å². The van der Waals surface area contributed by atoms with E-state index in [1.807, 2.05) is 0 Å². The molecular weight excluding hydrogens is 937 g/mol. The van der Waals surface area contributed by atoms with Gasteiger partial charge in [0.15, 0.2) is 6.10 Å². The van der Waals surface area contributed by atoms with Gasteiger partial charge in [0.1, 0.15) is 13.2 Å². The minimum atomic E-state index is -0.796. The second-order valence-electron chi connectivity index (χ2n) is 20.6. The Balaban J connectivity index is 4.34. The van der Waals surface area contributed by atoms with E-state index in [1.165, 1.54) is 89.9 Å². The summed E-state index contributed by atoms with van der Waals surface area (Å²) in [5.41, 5.74) is 0. The lowest BCUT2D eigenvalue weighted by Crippen LogP contribution is -2.30. The SMILES string of the molecule is CC/C=C\C/C=C\C/C=C\C/C=C\C/C=C\C/C=C\C/C=C\CCCCCCCCCC(=O)OCC(COC(=O)CCCCCCC/C=C\C/C=C\CCC)OC(=O)CCCCCCC/C=C\CCCCCCCCC. The van der Waals surface area contributed by atoms with Crippen LogP contribution in [0.3, 0.4) is 0 Å². The van der Waals surface area contributed by atoms with Crippen molar-refractivity contribution in [3.8, 4) is 0 Å². The van der Waals surface area contributed by atoms with Gasteiger partial charge in [-0.1, -0.05) is 258 Å². The summed E-state index contributed by atoms with van der Waals surface area (Å²) in [6.07, 6.45) is 87.7. The van der Waals surface area contributed by atoms with Crippen molar-refractivity contribution in [2.24, 2.45) is 0 Å². The van der Waals surface area contributed by atoms with Crippen molar-refractivity contribution in [3.63, 3.8) is 0 Å². The highest BCUT2D eigenvalue weighted by atomic mass is 16.6. The summed E-state index contributed by atoms with van der Waals surface area (Å²) >= 11 is 0. The highest BCUT2D eigenvalue weighted by Crippen LogP contribution is 2.15. The molecule has 0 aromatic rings. The summed E-state index contributed by atoms with van der Waals surface area (Å²) < 4.78 is 16.9. The lowest BCUT2D eigenvalue weighted by atomic mass is 10.1. The predicted octanol–water partition coefficient (Wildman–Crippen LogP) is 21.6. The molecule has 1 atom stereocenters. The fourth-order valence-electron chi connectivity index (χ4n) is 8.46. The van der Waals surface area contributed by atoms with Crippen molar-refractivity contribution in [3.05, 3.63) is 122 Å². The maximum absolute atomic E-state index is 12.9. The molecule has 6 heteroatoms. The van der Waals surface area contributed by atoms with E-state index in [-0.39, 0.29) is 31.1 Å². The molecule has 6 nitrogen and oxygen atoms in total. The average Bonchev–Trinajstić information content (AvgIpc) is 3.42. The van der Waals surface area contributed by atoms with Gasteiger partial charge in [-0.15, -0.1) is 0 Å². The van der Waals surface area contributed by atoms with Crippen molar-refractivity contribution < 1.29 is 28.6 Å². The van der Waals surface area contributed by atoms with Crippen LogP contribution in [-0.4, -0.2) is 37.2 Å². The van der Waals surface area contributed by atoms with E-state index in [4.69, 9.17) is 14.2 Å². The molecular formula is C70H116O6. The number of allylic oxidation sites excluding steroid dienone is 20. The van der Waals surface area contributed by atoms with Gasteiger partial charge in [0, 0.05) is 19.3 Å². The number of carbonyl (C=O) groups excluding carboxylic acids is 3. The average molecular weight is 1050 g/mol. The zero-order valence-corrected chi connectivity index (χ0v) is 49.5. The summed E-state index contributed by atoms with van der Waals surface area (Å²) in [5, 5.41) is 0. The summed E-state index contributed by atoms with van der Waals surface area (Å²) in [5.74, 6) is -0.923. The summed E-state index contributed by atoms with van der Waals surface area (Å²) in [6.45, 7) is 6.44. The monoisotopic (exact) mass is 1050 g/mol. The van der Waals surface area contributed by atoms with Crippen LogP contribution < -0.4 is 0 Å². The Hall–Kier alpha value is -4.19. The first kappa shape index (κ1) is 71.8. The van der Waals surface area contributed by atoms with Gasteiger partial charge in [0.05, 0.1) is 0 Å². The Bertz CT molecular complexity index is 1590. The first-order valence-electron chi connectivity index (χ1n) is 31.5. The molecule has 76 heavy (non-hydrogen) atoms. The molecule has 0 fully saturated rings. The molecule has 0 heterocycles. The number of ether oxygens (including phenoxy) is 3. The van der Waals surface area contributed by atoms with Gasteiger partial charge in [0.2, 0.25) is 0 Å². The van der Waals surface area contributed by atoms with Gasteiger partial charge in [-0.2, -0.15) is 0 Å². The minimum Gasteiger partial charge on any atom is -0.462 e. The van der Waals surface area contributed by atoms with Crippen LogP contribution in [-0.2, 0) is 28.6 Å². The van der Waals surface area contributed by atoms with Crippen LogP contribution >= 0.6 is 0 Å². The number of rotatable bonds is 56. The van der Waals surface area contributed by atoms with Crippen LogP contribution in [0.25, 0.3) is 0 Å². The first-order chi connectivity index (χ1) is 37.5. The number of hydrogen-bond acceptors (Lipinski definition) is 6. The molecule has 0 bridgehead atoms. The fourth-order valence-corrected chi connectivity index (χ4v) is 8.46. The quantitative estimate of drug-likeness (QED) is 0.0261. The van der Waals surface area contributed by atoms with Crippen molar-refractivity contribution in [2.45, 2.75) is 290 Å². The van der Waals surface area contributed by atoms with E-state index < -0.39 is 6.10 Å². The van der Waals surface area contributed by atoms with E-state index >= 15 is 0 Å². The van der Waals surface area contributed by atoms with Gasteiger partial charge in [-0.05, 0) is 128 Å². The molecule has 0 rings (SSSR count). The van der Waals surface area contributed by atoms with Crippen LogP contribution in [0.1, 0.15) is 284 Å². The fraction of sp³-hybridized carbons (Fsp3) is 0.671. The number of esters is 3. The summed E-state index contributed by atoms with van der Waals surface area (Å²) in [6, 6.07) is 0. The van der Waals surface area contributed by atoms with Crippen molar-refractivity contribution >= 4 is 17.9 Å². The molecule has 0 saturated carbocycles. The third-order valence-electron chi connectivity index (χ3n) is 13.2. The third kappa shape index (κ3) is 60.7. The molecule has 0 amide bonds. The zero-order chi connectivity index (χ0) is 55.0. The molecule has 432 valence electrons. The van der Waals surface area contributed by atoms with Gasteiger partial charge < -0.3 is 14.2 Å². The van der Waals surface area contributed by atoms with Crippen molar-refractivity contribution in [1.29, 1.82) is 0 Å². The van der Waals surface area contributed by atoms with E-state index in [0.29, 0.717) is 19.3 Å². The lowest BCUT2D eigenvalue weighted by Gasteiger charge is -2.18. The van der Waals surface area contributed by atoms with Crippen molar-refractivity contribution in [2.75, 3.05) is 13.2 Å². The van der Waals surface area contributed by atoms with Crippen LogP contribution in [0.2, 0.25) is 0 Å². The largest absolute Gasteiger partial charge is 0.462 e. The van der Waals surface area contributed by atoms with Gasteiger partial charge in [0.25, 0.3) is 0 Å². The Labute approximate surface area is 469 Å². The highest BCUT2D eigenvalue weighted by molar-refractivity contribution is 5.71. The van der Waals surface area contributed by atoms with Gasteiger partial charge in [-0.25, -0.2) is 0 Å². The lowest BCUT2D eigenvalue weighted by molar-refractivity contribution is -0.167. The Morgan fingerprint density at radius 3 is 0.868 bits per heavy atom. The molecule has 1 unspecified atom stereocenters. The maximum atomic E-state index is 12.9. The Morgan fingerprint density at radius 1 is 0.276 bits per heavy atom. The highest BCUT2D eigenvalue weighted by Gasteiger charge is 2.19. The second kappa shape index (κ2) is 63.3. The summed E-state index contributed by atoms with van der Waals surface area (Å²) in [7, 11) is 0. The topological polar surface area (TPSA) is 78.9 Å². The second-order valence-corrected chi connectivity index (χ2v) is 20.6. The molecule has 0 aliphatic heterocycles. The Morgan fingerprint density at radius 2 is 0.539 bits per heavy atom. The summed E-state index contributed by atoms with van der Waals surface area (Å²) in [4.78, 5) is 38.2. The minimum absolute atomic E-state index is 0.0936. The smallest absolute Gasteiger partial charge is 0.306 e. The van der Waals surface area contributed by atoms with E-state index in [1.54, 1.807) is 0 Å². The van der Waals surface area contributed by atoms with E-state index in [9.17, 15) is 14.4 Å². The Kier molecular flexibility index (Phi) is 59.9. The molecule has 0 saturated heterocycles. The third-order valence-corrected chi connectivity index (χ3v) is 13.2. The molecule has 0 radical (unpaired) electrons. The van der Waals surface area contributed by atoms with Crippen LogP contribution in [0.15, 0.2) is 122 Å². The first-order valence-corrected chi connectivity index (χ1v) is 31.5. The molecule has 0 aromatic carbocycles. The predicted molar refractivity (Wildman–Crippen MR) is 330 cm³/mol. The van der Waals surface area contributed by atoms with Crippen LogP contribution in [0.5, 0.6) is 0 Å². The normalized spacial score (nSPS) is 12.9. The number of unbranched alkanes of at least 4 members (excludes halogenated alkanes) is 25. The van der Waals surface area contributed by atoms with Crippen LogP contribution in [0, 0.1) is 0 Å². The van der Waals surface area contributed by atoms with E-state index in [2.05, 4.69) is 142 Å². The molecule has 0 aliphatic carbocycles. The number of carbonyl (C=O) groups is 3. The number of hydrogen-bond donors (Lipinski definition) is 0. The standard InChI is InChI=1S/C70H116O6/c1-4-7-10-13-16-19-22-25-27-29-30-31-32-33-34-35-36-37-38-39-40-41-43-45-48-51-54-57-60-63-69(72)75-66-67(65-74-68(71)62-59-56-53-50-47-44-24-21-18-15-12-9-6-3)76-70(73)64-61-58-55-52-49-46-42-28-26-23-20-17-14-11-8-5-2/h7,10,12,15-16,19,21,24-25,27-28,30-31,33-34,36-37,39-40,42,67H,4-6,8-9,11,13-14,17-18,20,22-23,26,29,32,35,38,41,43-66H2,1-3H3/b10-7-,15-12-,19-16-,24-21-,27-25-,31-30-,34-33-,37-36-,40-39-,42-28-. The molecule has 0 aliphatic rings. The molecule has 0 spiro atoms. The molecule has 0 aromatic heterocycles. The van der Waals surface area contributed by atoms with Gasteiger partial charge in [-0.3, -0.25) is 14.4 Å². The van der Waals surface area contributed by atoms with Crippen molar-refractivity contribution in [1.82, 2.24) is 0 Å². The maximum Gasteiger partial charge on any atom is 0.306 e.